The number of carbonyl (C=O) groups is 2. The second-order valence-electron chi connectivity index (χ2n) is 7.60. The van der Waals surface area contributed by atoms with Crippen LogP contribution in [0.5, 0.6) is 0 Å². The lowest BCUT2D eigenvalue weighted by Crippen LogP contribution is -2.48. The van der Waals surface area contributed by atoms with Crippen LogP contribution in [0.2, 0.25) is 0 Å². The molecule has 1 N–H and O–H groups in total. The standard InChI is InChI=1S/C23H28N4O3/c1-4-5-19-20(23(29)30-3)16(2)25-21(19)22(28)27-12-10-26(11-13-27)15-18-8-6-17(14-24)7-9-18/h6-9,25H,4-5,10-13,15H2,1-3H3. The molecule has 1 saturated heterocycles. The zero-order chi connectivity index (χ0) is 21.7. The van der Waals surface area contributed by atoms with Crippen LogP contribution < -0.4 is 0 Å². The largest absolute Gasteiger partial charge is 0.465 e. The highest BCUT2D eigenvalue weighted by atomic mass is 16.5. The summed E-state index contributed by atoms with van der Waals surface area (Å²) in [6, 6.07) is 9.74. The van der Waals surface area contributed by atoms with Gasteiger partial charge in [0.2, 0.25) is 0 Å². The number of aryl methyl sites for hydroxylation is 1. The van der Waals surface area contributed by atoms with Gasteiger partial charge in [-0.1, -0.05) is 25.5 Å². The fourth-order valence-electron chi connectivity index (χ4n) is 3.95. The van der Waals surface area contributed by atoms with Crippen LogP contribution in [-0.2, 0) is 17.7 Å². The molecule has 1 aliphatic rings. The number of nitrogens with one attached hydrogen (secondary N) is 1. The molecule has 2 aromatic rings. The molecule has 0 spiro atoms. The van der Waals surface area contributed by atoms with E-state index in [4.69, 9.17) is 10.00 Å². The van der Waals surface area contributed by atoms with Crippen molar-refractivity contribution in [3.63, 3.8) is 0 Å². The van der Waals surface area contributed by atoms with Gasteiger partial charge in [0.1, 0.15) is 5.69 Å². The smallest absolute Gasteiger partial charge is 0.339 e. The summed E-state index contributed by atoms with van der Waals surface area (Å²) in [6.07, 6.45) is 1.48. The van der Waals surface area contributed by atoms with Crippen LogP contribution in [0.1, 0.15) is 56.6 Å². The van der Waals surface area contributed by atoms with Crippen molar-refractivity contribution in [2.75, 3.05) is 33.3 Å². The van der Waals surface area contributed by atoms with Gasteiger partial charge in [0.05, 0.1) is 24.3 Å². The summed E-state index contributed by atoms with van der Waals surface area (Å²) in [4.78, 5) is 32.7. The minimum absolute atomic E-state index is 0.0604. The van der Waals surface area contributed by atoms with Gasteiger partial charge in [-0.2, -0.15) is 5.26 Å². The number of piperazine rings is 1. The van der Waals surface area contributed by atoms with E-state index in [0.29, 0.717) is 42.0 Å². The van der Waals surface area contributed by atoms with E-state index in [2.05, 4.69) is 16.0 Å². The van der Waals surface area contributed by atoms with E-state index in [1.165, 1.54) is 7.11 Å². The Morgan fingerprint density at radius 1 is 1.17 bits per heavy atom. The van der Waals surface area contributed by atoms with E-state index in [1.807, 2.05) is 36.1 Å². The topological polar surface area (TPSA) is 89.4 Å². The number of nitriles is 1. The molecule has 0 unspecified atom stereocenters. The van der Waals surface area contributed by atoms with Crippen LogP contribution in [-0.4, -0.2) is 59.9 Å². The van der Waals surface area contributed by atoms with Crippen LogP contribution in [0.15, 0.2) is 24.3 Å². The molecular formula is C23H28N4O3. The first kappa shape index (κ1) is 21.6. The Balaban J connectivity index is 1.67. The summed E-state index contributed by atoms with van der Waals surface area (Å²) in [5.41, 5.74) is 4.24. The molecule has 30 heavy (non-hydrogen) atoms. The van der Waals surface area contributed by atoms with Crippen LogP contribution in [0.25, 0.3) is 0 Å². The van der Waals surface area contributed by atoms with Gasteiger partial charge in [-0.15, -0.1) is 0 Å². The number of ether oxygens (including phenoxy) is 1. The number of hydrogen-bond acceptors (Lipinski definition) is 5. The van der Waals surface area contributed by atoms with Crippen molar-refractivity contribution in [2.24, 2.45) is 0 Å². The summed E-state index contributed by atoms with van der Waals surface area (Å²) >= 11 is 0. The van der Waals surface area contributed by atoms with Gasteiger partial charge in [-0.25, -0.2) is 4.79 Å². The van der Waals surface area contributed by atoms with E-state index in [1.54, 1.807) is 6.92 Å². The number of aromatic amines is 1. The first-order valence-corrected chi connectivity index (χ1v) is 10.3. The zero-order valence-electron chi connectivity index (χ0n) is 17.8. The summed E-state index contributed by atoms with van der Waals surface area (Å²) in [7, 11) is 1.36. The van der Waals surface area contributed by atoms with Gasteiger partial charge in [-0.3, -0.25) is 9.69 Å². The van der Waals surface area contributed by atoms with E-state index in [9.17, 15) is 9.59 Å². The third kappa shape index (κ3) is 4.55. The minimum atomic E-state index is -0.404. The quantitative estimate of drug-likeness (QED) is 0.743. The molecule has 3 rings (SSSR count). The van der Waals surface area contributed by atoms with Gasteiger partial charge in [0, 0.05) is 38.4 Å². The number of amides is 1. The molecule has 0 atom stereocenters. The van der Waals surface area contributed by atoms with Crippen molar-refractivity contribution in [3.05, 3.63) is 57.9 Å². The van der Waals surface area contributed by atoms with E-state index < -0.39 is 5.97 Å². The number of rotatable bonds is 6. The molecule has 158 valence electrons. The Morgan fingerprint density at radius 2 is 1.83 bits per heavy atom. The molecule has 0 aliphatic carbocycles. The average Bonchev–Trinajstić information content (AvgIpc) is 3.10. The Kier molecular flexibility index (Phi) is 6.91. The maximum atomic E-state index is 13.2. The minimum Gasteiger partial charge on any atom is -0.465 e. The van der Waals surface area contributed by atoms with Crippen LogP contribution in [0, 0.1) is 18.3 Å². The van der Waals surface area contributed by atoms with Gasteiger partial charge in [0.25, 0.3) is 5.91 Å². The highest BCUT2D eigenvalue weighted by Crippen LogP contribution is 2.23. The normalized spacial score (nSPS) is 14.4. The van der Waals surface area contributed by atoms with E-state index >= 15 is 0 Å². The second kappa shape index (κ2) is 9.59. The number of methoxy groups -OCH3 is 1. The molecule has 1 fully saturated rings. The van der Waals surface area contributed by atoms with Crippen molar-refractivity contribution in [1.29, 1.82) is 5.26 Å². The fraction of sp³-hybridized carbons (Fsp3) is 0.435. The molecule has 0 radical (unpaired) electrons. The predicted molar refractivity (Wildman–Crippen MR) is 113 cm³/mol. The number of aromatic nitrogens is 1. The monoisotopic (exact) mass is 408 g/mol. The highest BCUT2D eigenvalue weighted by molar-refractivity contribution is 6.00. The maximum Gasteiger partial charge on any atom is 0.339 e. The number of hydrogen-bond donors (Lipinski definition) is 1. The molecule has 7 nitrogen and oxygen atoms in total. The Morgan fingerprint density at radius 3 is 2.40 bits per heavy atom. The lowest BCUT2D eigenvalue weighted by molar-refractivity contribution is 0.0599. The van der Waals surface area contributed by atoms with Crippen molar-refractivity contribution in [3.8, 4) is 6.07 Å². The predicted octanol–water partition coefficient (Wildman–Crippen LogP) is 2.89. The van der Waals surface area contributed by atoms with E-state index in [-0.39, 0.29) is 5.91 Å². The Hall–Kier alpha value is -3.11. The van der Waals surface area contributed by atoms with Crippen molar-refractivity contribution in [2.45, 2.75) is 33.2 Å². The molecule has 1 aromatic carbocycles. The van der Waals surface area contributed by atoms with Crippen LogP contribution in [0.4, 0.5) is 0 Å². The lowest BCUT2D eigenvalue weighted by Gasteiger charge is -2.34. The average molecular weight is 409 g/mol. The summed E-state index contributed by atoms with van der Waals surface area (Å²) in [5.74, 6) is -0.465. The Bertz CT molecular complexity index is 948. The number of nitrogens with zero attached hydrogens (tertiary/aromatic N) is 3. The molecule has 1 amide bonds. The van der Waals surface area contributed by atoms with Crippen molar-refractivity contribution < 1.29 is 14.3 Å². The van der Waals surface area contributed by atoms with Gasteiger partial charge < -0.3 is 14.6 Å². The number of H-pyrrole nitrogens is 1. The molecule has 1 aromatic heterocycles. The van der Waals surface area contributed by atoms with Gasteiger partial charge in [0.15, 0.2) is 0 Å². The number of benzene rings is 1. The third-order valence-corrected chi connectivity index (χ3v) is 5.54. The molecular weight excluding hydrogens is 380 g/mol. The molecule has 2 heterocycles. The van der Waals surface area contributed by atoms with Gasteiger partial charge in [-0.05, 0) is 36.6 Å². The Labute approximate surface area is 177 Å². The third-order valence-electron chi connectivity index (χ3n) is 5.54. The van der Waals surface area contributed by atoms with Crippen molar-refractivity contribution in [1.82, 2.24) is 14.8 Å². The molecule has 0 bridgehead atoms. The van der Waals surface area contributed by atoms with Gasteiger partial charge >= 0.3 is 5.97 Å². The number of carbonyl (C=O) groups excluding carboxylic acids is 2. The molecule has 0 saturated carbocycles. The van der Waals surface area contributed by atoms with Crippen LogP contribution >= 0.6 is 0 Å². The summed E-state index contributed by atoms with van der Waals surface area (Å²) in [6.45, 7) is 7.44. The van der Waals surface area contributed by atoms with E-state index in [0.717, 1.165) is 37.2 Å². The summed E-state index contributed by atoms with van der Waals surface area (Å²) < 4.78 is 4.92. The van der Waals surface area contributed by atoms with Crippen LogP contribution in [0.3, 0.4) is 0 Å². The SMILES string of the molecule is CCCc1c(C(=O)N2CCN(Cc3ccc(C#N)cc3)CC2)[nH]c(C)c1C(=O)OC. The lowest BCUT2D eigenvalue weighted by atomic mass is 10.0. The highest BCUT2D eigenvalue weighted by Gasteiger charge is 2.29. The maximum absolute atomic E-state index is 13.2. The molecule has 7 heteroatoms. The second-order valence-corrected chi connectivity index (χ2v) is 7.60. The zero-order valence-corrected chi connectivity index (χ0v) is 17.8. The first-order chi connectivity index (χ1) is 14.5. The summed E-state index contributed by atoms with van der Waals surface area (Å²) in [5, 5.41) is 8.92. The first-order valence-electron chi connectivity index (χ1n) is 10.3. The molecule has 1 aliphatic heterocycles. The van der Waals surface area contributed by atoms with Crippen molar-refractivity contribution >= 4 is 11.9 Å². The fourth-order valence-corrected chi connectivity index (χ4v) is 3.95. The number of esters is 1.